The topological polar surface area (TPSA) is 48.2 Å². The van der Waals surface area contributed by atoms with E-state index >= 15 is 0 Å². The molecule has 0 atom stereocenters. The third-order valence-corrected chi connectivity index (χ3v) is 1.89. The minimum Gasteiger partial charge on any atom is -0.496 e. The third-order valence-electron chi connectivity index (χ3n) is 1.89. The van der Waals surface area contributed by atoms with Crippen molar-refractivity contribution in [3.63, 3.8) is 0 Å². The highest BCUT2D eigenvalue weighted by molar-refractivity contribution is 5.62. The van der Waals surface area contributed by atoms with Gasteiger partial charge in [0, 0.05) is 0 Å². The van der Waals surface area contributed by atoms with Crippen molar-refractivity contribution >= 4 is 0 Å². The molecule has 0 spiro atoms. The van der Waals surface area contributed by atoms with Gasteiger partial charge in [-0.15, -0.1) is 11.5 Å². The number of hydrogen-bond acceptors (Lipinski definition) is 4. The van der Waals surface area contributed by atoms with Crippen LogP contribution in [-0.2, 0) is 0 Å². The summed E-state index contributed by atoms with van der Waals surface area (Å²) < 4.78 is 10.4. The van der Waals surface area contributed by atoms with Gasteiger partial charge >= 0.3 is 0 Å². The van der Waals surface area contributed by atoms with Gasteiger partial charge in [0.2, 0.25) is 0 Å². The van der Waals surface area contributed by atoms with Crippen molar-refractivity contribution in [2.75, 3.05) is 7.11 Å². The fourth-order valence-corrected chi connectivity index (χ4v) is 1.21. The zero-order chi connectivity index (χ0) is 10.7. The molecule has 1 heterocycles. The van der Waals surface area contributed by atoms with Gasteiger partial charge in [0.05, 0.1) is 12.7 Å². The van der Waals surface area contributed by atoms with E-state index in [1.165, 1.54) is 0 Å². The Balaban J connectivity index is 2.49. The van der Waals surface area contributed by atoms with Crippen LogP contribution in [0.4, 0.5) is 0 Å². The predicted octanol–water partition coefficient (Wildman–Crippen LogP) is 1.73. The first-order valence-electron chi connectivity index (χ1n) is 4.28. The second-order valence-electron chi connectivity index (χ2n) is 2.76. The Morgan fingerprint density at radius 1 is 1.33 bits per heavy atom. The van der Waals surface area contributed by atoms with E-state index in [9.17, 15) is 0 Å². The van der Waals surface area contributed by atoms with E-state index in [-0.39, 0.29) is 5.89 Å². The molecular weight excluding hydrogens is 192 g/mol. The van der Waals surface area contributed by atoms with Crippen molar-refractivity contribution in [1.29, 1.82) is 0 Å². The van der Waals surface area contributed by atoms with E-state index < -0.39 is 0 Å². The summed E-state index contributed by atoms with van der Waals surface area (Å²) in [6.07, 6.45) is 5.13. The lowest BCUT2D eigenvalue weighted by Crippen LogP contribution is -1.87. The largest absolute Gasteiger partial charge is 0.496 e. The quantitative estimate of drug-likeness (QED) is 0.692. The van der Waals surface area contributed by atoms with Gasteiger partial charge in [0.15, 0.2) is 0 Å². The second kappa shape index (κ2) is 3.84. The van der Waals surface area contributed by atoms with Crippen LogP contribution in [0, 0.1) is 12.3 Å². The molecule has 0 fully saturated rings. The van der Waals surface area contributed by atoms with E-state index in [2.05, 4.69) is 16.1 Å². The van der Waals surface area contributed by atoms with Crippen LogP contribution in [-0.4, -0.2) is 17.3 Å². The molecule has 2 aromatic rings. The highest BCUT2D eigenvalue weighted by Crippen LogP contribution is 2.27. The lowest BCUT2D eigenvalue weighted by molar-refractivity contribution is 0.414. The molecule has 1 aromatic heterocycles. The molecule has 15 heavy (non-hydrogen) atoms. The van der Waals surface area contributed by atoms with Crippen LogP contribution < -0.4 is 4.74 Å². The molecule has 0 aliphatic carbocycles. The van der Waals surface area contributed by atoms with Crippen LogP contribution in [0.5, 0.6) is 5.75 Å². The molecule has 0 amide bonds. The Hall–Kier alpha value is -2.28. The maximum Gasteiger partial charge on any atom is 0.293 e. The van der Waals surface area contributed by atoms with Crippen LogP contribution in [0.15, 0.2) is 28.7 Å². The van der Waals surface area contributed by atoms with E-state index in [0.717, 1.165) is 5.56 Å². The first-order chi connectivity index (χ1) is 7.35. The summed E-state index contributed by atoms with van der Waals surface area (Å²) in [5.74, 6) is 3.47. The minimum atomic E-state index is 0.163. The first kappa shape index (κ1) is 9.28. The Morgan fingerprint density at radius 2 is 2.13 bits per heavy atom. The maximum absolute atomic E-state index is 5.22. The van der Waals surface area contributed by atoms with E-state index in [0.29, 0.717) is 11.6 Å². The van der Waals surface area contributed by atoms with Crippen molar-refractivity contribution in [2.45, 2.75) is 0 Å². The van der Waals surface area contributed by atoms with E-state index in [4.69, 9.17) is 15.6 Å². The molecule has 74 valence electrons. The standard InChI is InChI=1S/C11H8N2O2/c1-3-10-12-13-11(15-10)8-6-4-5-7-9(8)14-2/h1,4-7H,2H3. The van der Waals surface area contributed by atoms with Gasteiger partial charge < -0.3 is 9.15 Å². The van der Waals surface area contributed by atoms with E-state index in [1.54, 1.807) is 7.11 Å². The molecule has 0 bridgehead atoms. The number of methoxy groups -OCH3 is 1. The Kier molecular flexibility index (Phi) is 2.38. The molecule has 0 saturated carbocycles. The van der Waals surface area contributed by atoms with Gasteiger partial charge in [0.25, 0.3) is 11.8 Å². The van der Waals surface area contributed by atoms with Crippen molar-refractivity contribution in [3.05, 3.63) is 30.2 Å². The zero-order valence-electron chi connectivity index (χ0n) is 8.10. The van der Waals surface area contributed by atoms with Gasteiger partial charge in [-0.05, 0) is 18.1 Å². The van der Waals surface area contributed by atoms with Gasteiger partial charge in [-0.25, -0.2) is 0 Å². The molecule has 2 rings (SSSR count). The average Bonchev–Trinajstić information content (AvgIpc) is 2.77. The maximum atomic E-state index is 5.22. The van der Waals surface area contributed by atoms with E-state index in [1.807, 2.05) is 24.3 Å². The molecule has 4 heteroatoms. The number of aromatic nitrogens is 2. The molecular formula is C11H8N2O2. The lowest BCUT2D eigenvalue weighted by atomic mass is 10.2. The molecule has 1 aromatic carbocycles. The average molecular weight is 200 g/mol. The number of nitrogens with zero attached hydrogens (tertiary/aromatic N) is 2. The van der Waals surface area contributed by atoms with Gasteiger partial charge in [-0.2, -0.15) is 0 Å². The summed E-state index contributed by atoms with van der Waals surface area (Å²) in [5, 5.41) is 7.50. The molecule has 0 saturated heterocycles. The fourth-order valence-electron chi connectivity index (χ4n) is 1.21. The zero-order valence-corrected chi connectivity index (χ0v) is 8.10. The minimum absolute atomic E-state index is 0.163. The number of benzene rings is 1. The number of ether oxygens (including phenoxy) is 1. The highest BCUT2D eigenvalue weighted by Gasteiger charge is 2.11. The highest BCUT2D eigenvalue weighted by atomic mass is 16.5. The SMILES string of the molecule is C#Cc1nnc(-c2ccccc2OC)o1. The fraction of sp³-hybridized carbons (Fsp3) is 0.0909. The summed E-state index contributed by atoms with van der Waals surface area (Å²) in [4.78, 5) is 0. The smallest absolute Gasteiger partial charge is 0.293 e. The molecule has 0 unspecified atom stereocenters. The second-order valence-corrected chi connectivity index (χ2v) is 2.76. The molecule has 0 aliphatic rings. The number of rotatable bonds is 2. The van der Waals surface area contributed by atoms with Crippen LogP contribution in [0.1, 0.15) is 5.89 Å². The Labute approximate surface area is 86.9 Å². The number of para-hydroxylation sites is 1. The summed E-state index contributed by atoms with van der Waals surface area (Å²) >= 11 is 0. The van der Waals surface area contributed by atoms with Crippen molar-refractivity contribution in [2.24, 2.45) is 0 Å². The van der Waals surface area contributed by atoms with Gasteiger partial charge in [-0.3, -0.25) is 0 Å². The molecule has 0 N–H and O–H groups in total. The van der Waals surface area contributed by atoms with Crippen LogP contribution >= 0.6 is 0 Å². The number of terminal acetylenes is 1. The molecule has 0 radical (unpaired) electrons. The van der Waals surface area contributed by atoms with Crippen LogP contribution in [0.25, 0.3) is 11.5 Å². The Morgan fingerprint density at radius 3 is 2.80 bits per heavy atom. The van der Waals surface area contributed by atoms with Gasteiger partial charge in [0.1, 0.15) is 5.75 Å². The molecule has 4 nitrogen and oxygen atoms in total. The summed E-state index contributed by atoms with van der Waals surface area (Å²) in [6, 6.07) is 7.36. The van der Waals surface area contributed by atoms with Crippen molar-refractivity contribution < 1.29 is 9.15 Å². The van der Waals surface area contributed by atoms with Crippen molar-refractivity contribution in [3.8, 4) is 29.5 Å². The summed E-state index contributed by atoms with van der Waals surface area (Å²) in [7, 11) is 1.58. The first-order valence-corrected chi connectivity index (χ1v) is 4.28. The monoisotopic (exact) mass is 200 g/mol. The normalized spacial score (nSPS) is 9.60. The predicted molar refractivity (Wildman–Crippen MR) is 54.2 cm³/mol. The molecule has 0 aliphatic heterocycles. The Bertz CT molecular complexity index is 511. The number of hydrogen-bond donors (Lipinski definition) is 0. The summed E-state index contributed by atoms with van der Waals surface area (Å²) in [5.41, 5.74) is 0.731. The van der Waals surface area contributed by atoms with Crippen LogP contribution in [0.2, 0.25) is 0 Å². The third kappa shape index (κ3) is 1.67. The summed E-state index contributed by atoms with van der Waals surface area (Å²) in [6.45, 7) is 0. The van der Waals surface area contributed by atoms with Crippen LogP contribution in [0.3, 0.4) is 0 Å². The van der Waals surface area contributed by atoms with Gasteiger partial charge in [-0.1, -0.05) is 17.2 Å². The lowest BCUT2D eigenvalue weighted by Gasteiger charge is -2.02. The van der Waals surface area contributed by atoms with Crippen molar-refractivity contribution in [1.82, 2.24) is 10.2 Å².